The van der Waals surface area contributed by atoms with E-state index in [2.05, 4.69) is 4.99 Å². The fraction of sp³-hybridized carbons (Fsp3) is 0.286. The number of amides is 1. The second kappa shape index (κ2) is 9.98. The molecule has 0 saturated carbocycles. The quantitative estimate of drug-likeness (QED) is 0.490. The van der Waals surface area contributed by atoms with Crippen LogP contribution < -0.4 is 23.7 Å². The standard InChI is InChI=1S/C21H22N2O7S/c1-26-14-7-5-6-8-15(14)30-12-19(24)22-21-23(11-20(25)29-4)13-9-16(27-2)17(28-3)10-18(13)31-21/h5-10H,11-12H2,1-4H3. The van der Waals surface area contributed by atoms with E-state index < -0.39 is 11.9 Å². The van der Waals surface area contributed by atoms with Crippen LogP contribution in [0.15, 0.2) is 41.4 Å². The summed E-state index contributed by atoms with van der Waals surface area (Å²) >= 11 is 1.23. The molecular weight excluding hydrogens is 424 g/mol. The first-order valence-electron chi connectivity index (χ1n) is 9.16. The lowest BCUT2D eigenvalue weighted by Crippen LogP contribution is -2.23. The number of carbonyl (C=O) groups is 2. The fourth-order valence-electron chi connectivity index (χ4n) is 2.84. The third-order valence-electron chi connectivity index (χ3n) is 4.34. The lowest BCUT2D eigenvalue weighted by atomic mass is 10.3. The number of nitrogens with zero attached hydrogens (tertiary/aromatic N) is 2. The highest BCUT2D eigenvalue weighted by Crippen LogP contribution is 2.33. The van der Waals surface area contributed by atoms with Gasteiger partial charge in [-0.1, -0.05) is 23.5 Å². The van der Waals surface area contributed by atoms with Crippen LogP contribution in [-0.4, -0.2) is 51.5 Å². The van der Waals surface area contributed by atoms with Gasteiger partial charge in [-0.05, 0) is 12.1 Å². The van der Waals surface area contributed by atoms with E-state index in [4.69, 9.17) is 23.7 Å². The van der Waals surface area contributed by atoms with E-state index in [0.29, 0.717) is 33.3 Å². The van der Waals surface area contributed by atoms with Gasteiger partial charge in [0, 0.05) is 12.1 Å². The number of methoxy groups -OCH3 is 4. The van der Waals surface area contributed by atoms with E-state index in [1.165, 1.54) is 39.8 Å². The van der Waals surface area contributed by atoms with Gasteiger partial charge >= 0.3 is 5.97 Å². The van der Waals surface area contributed by atoms with Crippen LogP contribution in [0.2, 0.25) is 0 Å². The van der Waals surface area contributed by atoms with Gasteiger partial charge < -0.3 is 28.3 Å². The third-order valence-corrected chi connectivity index (χ3v) is 5.38. The van der Waals surface area contributed by atoms with Gasteiger partial charge in [-0.25, -0.2) is 0 Å². The molecule has 0 aliphatic rings. The lowest BCUT2D eigenvalue weighted by Gasteiger charge is -2.09. The van der Waals surface area contributed by atoms with Crippen molar-refractivity contribution in [2.75, 3.05) is 35.0 Å². The van der Waals surface area contributed by atoms with Gasteiger partial charge in [0.1, 0.15) is 6.54 Å². The number of aromatic nitrogens is 1. The average molecular weight is 446 g/mol. The van der Waals surface area contributed by atoms with E-state index in [1.54, 1.807) is 41.0 Å². The molecule has 164 valence electrons. The lowest BCUT2D eigenvalue weighted by molar-refractivity contribution is -0.141. The maximum atomic E-state index is 12.5. The van der Waals surface area contributed by atoms with E-state index in [-0.39, 0.29) is 13.2 Å². The zero-order chi connectivity index (χ0) is 22.4. The summed E-state index contributed by atoms with van der Waals surface area (Å²) in [7, 11) is 5.86. The first-order chi connectivity index (χ1) is 15.0. The average Bonchev–Trinajstić information content (AvgIpc) is 3.12. The maximum Gasteiger partial charge on any atom is 0.325 e. The van der Waals surface area contributed by atoms with Crippen molar-refractivity contribution in [3.63, 3.8) is 0 Å². The van der Waals surface area contributed by atoms with Crippen molar-refractivity contribution in [2.45, 2.75) is 6.54 Å². The Labute approximate surface area is 182 Å². The predicted molar refractivity (Wildman–Crippen MR) is 114 cm³/mol. The number of hydrogen-bond acceptors (Lipinski definition) is 8. The van der Waals surface area contributed by atoms with Crippen LogP contribution >= 0.6 is 11.3 Å². The van der Waals surface area contributed by atoms with Crippen molar-refractivity contribution in [1.82, 2.24) is 4.57 Å². The summed E-state index contributed by atoms with van der Waals surface area (Å²) in [4.78, 5) is 28.9. The molecule has 1 heterocycles. The van der Waals surface area contributed by atoms with Crippen molar-refractivity contribution >= 4 is 33.4 Å². The highest BCUT2D eigenvalue weighted by molar-refractivity contribution is 7.16. The van der Waals surface area contributed by atoms with Crippen molar-refractivity contribution in [2.24, 2.45) is 4.99 Å². The van der Waals surface area contributed by atoms with Crippen molar-refractivity contribution in [3.8, 4) is 23.0 Å². The minimum absolute atomic E-state index is 0.120. The molecule has 0 saturated heterocycles. The van der Waals surface area contributed by atoms with Crippen molar-refractivity contribution in [1.29, 1.82) is 0 Å². The Bertz CT molecular complexity index is 1170. The zero-order valence-corrected chi connectivity index (χ0v) is 18.4. The molecule has 2 aromatic carbocycles. The van der Waals surface area contributed by atoms with Gasteiger partial charge in [0.25, 0.3) is 5.91 Å². The Morgan fingerprint density at radius 3 is 2.23 bits per heavy atom. The molecule has 9 nitrogen and oxygen atoms in total. The number of ether oxygens (including phenoxy) is 5. The van der Waals surface area contributed by atoms with Crippen LogP contribution in [0.25, 0.3) is 10.2 Å². The van der Waals surface area contributed by atoms with Gasteiger partial charge in [0.15, 0.2) is 34.4 Å². The second-order valence-corrected chi connectivity index (χ2v) is 7.18. The van der Waals surface area contributed by atoms with Crippen LogP contribution in [0.1, 0.15) is 0 Å². The summed E-state index contributed by atoms with van der Waals surface area (Å²) in [6, 6.07) is 10.5. The summed E-state index contributed by atoms with van der Waals surface area (Å²) < 4.78 is 28.6. The largest absolute Gasteiger partial charge is 0.493 e. The van der Waals surface area contributed by atoms with Crippen molar-refractivity contribution in [3.05, 3.63) is 41.2 Å². The SMILES string of the molecule is COC(=O)Cn1c(=NC(=O)COc2ccccc2OC)sc2cc(OC)c(OC)cc21. The highest BCUT2D eigenvalue weighted by atomic mass is 32.1. The normalized spacial score (nSPS) is 11.3. The molecule has 0 fully saturated rings. The van der Waals surface area contributed by atoms with Gasteiger partial charge in [0.05, 0.1) is 38.7 Å². The molecule has 31 heavy (non-hydrogen) atoms. The topological polar surface area (TPSA) is 97.6 Å². The number of fused-ring (bicyclic) bond motifs is 1. The molecule has 0 unspecified atom stereocenters. The van der Waals surface area contributed by atoms with Crippen LogP contribution in [0.5, 0.6) is 23.0 Å². The van der Waals surface area contributed by atoms with E-state index >= 15 is 0 Å². The number of hydrogen-bond donors (Lipinski definition) is 0. The summed E-state index contributed by atoms with van der Waals surface area (Å²) in [5.41, 5.74) is 0.658. The number of benzene rings is 2. The smallest absolute Gasteiger partial charge is 0.325 e. The third kappa shape index (κ3) is 4.97. The molecule has 0 aliphatic heterocycles. The Hall–Kier alpha value is -3.53. The number of carbonyl (C=O) groups excluding carboxylic acids is 2. The van der Waals surface area contributed by atoms with Gasteiger partial charge in [-0.3, -0.25) is 9.59 Å². The Morgan fingerprint density at radius 2 is 1.58 bits per heavy atom. The predicted octanol–water partition coefficient (Wildman–Crippen LogP) is 2.41. The zero-order valence-electron chi connectivity index (χ0n) is 17.5. The summed E-state index contributed by atoms with van der Waals surface area (Å²) in [6.45, 7) is -0.412. The first-order valence-corrected chi connectivity index (χ1v) is 9.98. The summed E-state index contributed by atoms with van der Waals surface area (Å²) in [6.07, 6.45) is 0. The monoisotopic (exact) mass is 446 g/mol. The van der Waals surface area contributed by atoms with Gasteiger partial charge in [0.2, 0.25) is 0 Å². The molecule has 1 aromatic heterocycles. The van der Waals surface area contributed by atoms with Gasteiger partial charge in [-0.15, -0.1) is 0 Å². The van der Waals surface area contributed by atoms with E-state index in [9.17, 15) is 9.59 Å². The summed E-state index contributed by atoms with van der Waals surface area (Å²) in [5, 5.41) is 0. The van der Waals surface area contributed by atoms with E-state index in [0.717, 1.165) is 4.70 Å². The second-order valence-electron chi connectivity index (χ2n) is 6.17. The number of para-hydroxylation sites is 2. The maximum absolute atomic E-state index is 12.5. The molecule has 0 bridgehead atoms. The molecule has 0 N–H and O–H groups in total. The molecule has 3 aromatic rings. The van der Waals surface area contributed by atoms with Crippen LogP contribution in [-0.2, 0) is 20.9 Å². The highest BCUT2D eigenvalue weighted by Gasteiger charge is 2.16. The van der Waals surface area contributed by atoms with Gasteiger partial charge in [-0.2, -0.15) is 4.99 Å². The molecular formula is C21H22N2O7S. The van der Waals surface area contributed by atoms with E-state index in [1.807, 2.05) is 0 Å². The van der Waals surface area contributed by atoms with Crippen LogP contribution in [0, 0.1) is 0 Å². The van der Waals surface area contributed by atoms with Crippen LogP contribution in [0.4, 0.5) is 0 Å². The minimum atomic E-state index is -0.519. The number of esters is 1. The molecule has 0 radical (unpaired) electrons. The fourth-order valence-corrected chi connectivity index (χ4v) is 3.90. The molecule has 0 aliphatic carbocycles. The van der Waals surface area contributed by atoms with Crippen LogP contribution in [0.3, 0.4) is 0 Å². The molecule has 3 rings (SSSR count). The number of thiazole rings is 1. The molecule has 10 heteroatoms. The Balaban J connectivity index is 1.98. The number of rotatable bonds is 8. The van der Waals surface area contributed by atoms with Crippen molar-refractivity contribution < 1.29 is 33.3 Å². The molecule has 0 spiro atoms. The Morgan fingerprint density at radius 1 is 0.935 bits per heavy atom. The summed E-state index contributed by atoms with van der Waals surface area (Å²) in [5.74, 6) is 0.963. The minimum Gasteiger partial charge on any atom is -0.493 e. The Kier molecular flexibility index (Phi) is 7.14. The molecule has 0 atom stereocenters. The molecule has 1 amide bonds. The first kappa shape index (κ1) is 22.2.